The van der Waals surface area contributed by atoms with Crippen LogP contribution in [0.25, 0.3) is 0 Å². The standard InChI is InChI=1S/C22H25ClN4O2S/c1-27-12-14-2-3-15(9-16(14)21(27)28)26-11-17(24)18-10-22(5-6-25-18)20-13(4-7-29-22)8-19(23)30-20/h2-3,8-9,11,18,25-26H,4-7,10,12,24H2,1H3/b17-11-/t18-,22?/m0/s1. The summed E-state index contributed by atoms with van der Waals surface area (Å²) in [6.45, 7) is 2.20. The lowest BCUT2D eigenvalue weighted by atomic mass is 9.82. The van der Waals surface area contributed by atoms with Crippen molar-refractivity contribution in [1.29, 1.82) is 0 Å². The Morgan fingerprint density at radius 1 is 1.43 bits per heavy atom. The van der Waals surface area contributed by atoms with Gasteiger partial charge in [-0.3, -0.25) is 4.79 Å². The second-order valence-electron chi connectivity index (χ2n) is 8.28. The van der Waals surface area contributed by atoms with E-state index < -0.39 is 0 Å². The predicted octanol–water partition coefficient (Wildman–Crippen LogP) is 3.42. The molecule has 3 aliphatic rings. The SMILES string of the molecule is CN1Cc2ccc(N/C=C(\N)[C@@H]3CC4(CCN3)OCCc3cc(Cl)sc34)cc2C1=O. The van der Waals surface area contributed by atoms with Crippen LogP contribution in [0.4, 0.5) is 5.69 Å². The molecule has 0 aliphatic carbocycles. The van der Waals surface area contributed by atoms with E-state index in [-0.39, 0.29) is 17.6 Å². The van der Waals surface area contributed by atoms with Crippen LogP contribution in [-0.2, 0) is 23.3 Å². The number of hydrogen-bond donors (Lipinski definition) is 3. The largest absolute Gasteiger partial charge is 0.400 e. The smallest absolute Gasteiger partial charge is 0.254 e. The minimum absolute atomic E-state index is 0.000248. The second kappa shape index (κ2) is 7.57. The summed E-state index contributed by atoms with van der Waals surface area (Å²) in [5.74, 6) is 0.0568. The number of nitrogens with one attached hydrogen (secondary N) is 2. The first-order valence-electron chi connectivity index (χ1n) is 10.2. The zero-order chi connectivity index (χ0) is 20.9. The zero-order valence-corrected chi connectivity index (χ0v) is 18.4. The van der Waals surface area contributed by atoms with E-state index in [4.69, 9.17) is 22.1 Å². The van der Waals surface area contributed by atoms with Crippen molar-refractivity contribution in [2.45, 2.75) is 37.5 Å². The van der Waals surface area contributed by atoms with Crippen LogP contribution in [0, 0.1) is 0 Å². The van der Waals surface area contributed by atoms with Crippen molar-refractivity contribution < 1.29 is 9.53 Å². The lowest BCUT2D eigenvalue weighted by Crippen LogP contribution is -2.51. The van der Waals surface area contributed by atoms with Gasteiger partial charge in [0, 0.05) is 48.0 Å². The molecule has 1 aromatic carbocycles. The molecule has 2 aromatic rings. The fourth-order valence-electron chi connectivity index (χ4n) is 4.72. The Bertz CT molecular complexity index is 1040. The third-order valence-corrected chi connectivity index (χ3v) is 7.79. The fraction of sp³-hybridized carbons (Fsp3) is 0.409. The first-order chi connectivity index (χ1) is 14.4. The average molecular weight is 445 g/mol. The number of halogens is 1. The number of ether oxygens (including phenoxy) is 1. The number of carbonyl (C=O) groups excluding carboxylic acids is 1. The number of fused-ring (bicyclic) bond motifs is 3. The van der Waals surface area contributed by atoms with Crippen LogP contribution in [0.3, 0.4) is 0 Å². The highest BCUT2D eigenvalue weighted by molar-refractivity contribution is 7.16. The molecule has 0 radical (unpaired) electrons. The number of carbonyl (C=O) groups is 1. The molecule has 158 valence electrons. The maximum Gasteiger partial charge on any atom is 0.254 e. The number of amides is 1. The summed E-state index contributed by atoms with van der Waals surface area (Å²) in [6, 6.07) is 7.95. The summed E-state index contributed by atoms with van der Waals surface area (Å²) in [5.41, 5.74) is 10.8. The number of hydrogen-bond acceptors (Lipinski definition) is 6. The minimum atomic E-state index is -0.315. The first kappa shape index (κ1) is 19.9. The zero-order valence-electron chi connectivity index (χ0n) is 16.8. The van der Waals surface area contributed by atoms with Gasteiger partial charge < -0.3 is 26.0 Å². The van der Waals surface area contributed by atoms with Crippen molar-refractivity contribution in [1.82, 2.24) is 10.2 Å². The molecular formula is C22H25ClN4O2S. The summed E-state index contributed by atoms with van der Waals surface area (Å²) in [5, 5.41) is 6.78. The van der Waals surface area contributed by atoms with E-state index in [1.165, 1.54) is 10.4 Å². The van der Waals surface area contributed by atoms with E-state index in [0.717, 1.165) is 52.7 Å². The molecule has 4 N–H and O–H groups in total. The third kappa shape index (κ3) is 3.39. The Hall–Kier alpha value is -2.06. The quantitative estimate of drug-likeness (QED) is 0.676. The van der Waals surface area contributed by atoms with Crippen LogP contribution < -0.4 is 16.4 Å². The van der Waals surface area contributed by atoms with Crippen molar-refractivity contribution in [3.8, 4) is 0 Å². The van der Waals surface area contributed by atoms with Crippen molar-refractivity contribution in [3.63, 3.8) is 0 Å². The van der Waals surface area contributed by atoms with Gasteiger partial charge in [-0.05, 0) is 48.7 Å². The number of nitrogens with two attached hydrogens (primary N) is 1. The van der Waals surface area contributed by atoms with Gasteiger partial charge in [0.15, 0.2) is 0 Å². The van der Waals surface area contributed by atoms with E-state index in [2.05, 4.69) is 16.7 Å². The van der Waals surface area contributed by atoms with Gasteiger partial charge in [-0.1, -0.05) is 17.7 Å². The van der Waals surface area contributed by atoms with E-state index in [1.54, 1.807) is 16.2 Å². The van der Waals surface area contributed by atoms with Gasteiger partial charge in [0.25, 0.3) is 5.91 Å². The molecule has 1 fully saturated rings. The monoisotopic (exact) mass is 444 g/mol. The topological polar surface area (TPSA) is 79.6 Å². The number of nitrogens with zero attached hydrogens (tertiary/aromatic N) is 1. The molecule has 0 bridgehead atoms. The van der Waals surface area contributed by atoms with Crippen LogP contribution in [0.15, 0.2) is 36.2 Å². The first-order valence-corrected chi connectivity index (χ1v) is 11.4. The summed E-state index contributed by atoms with van der Waals surface area (Å²) >= 11 is 7.94. The lowest BCUT2D eigenvalue weighted by Gasteiger charge is -2.43. The Kier molecular flexibility index (Phi) is 5.01. The molecule has 1 unspecified atom stereocenters. The second-order valence-corrected chi connectivity index (χ2v) is 9.96. The highest BCUT2D eigenvalue weighted by Crippen LogP contribution is 2.47. The molecule has 5 rings (SSSR count). The van der Waals surface area contributed by atoms with Gasteiger partial charge >= 0.3 is 0 Å². The Morgan fingerprint density at radius 2 is 2.30 bits per heavy atom. The van der Waals surface area contributed by atoms with Crippen molar-refractivity contribution in [2.75, 3.05) is 25.5 Å². The third-order valence-electron chi connectivity index (χ3n) is 6.30. The number of anilines is 1. The fourth-order valence-corrected chi connectivity index (χ4v) is 6.20. The summed E-state index contributed by atoms with van der Waals surface area (Å²) in [7, 11) is 1.82. The average Bonchev–Trinajstić information content (AvgIpc) is 3.26. The van der Waals surface area contributed by atoms with Gasteiger partial charge in [-0.15, -0.1) is 11.3 Å². The molecule has 3 aliphatic heterocycles. The highest BCUT2D eigenvalue weighted by Gasteiger charge is 2.44. The number of benzene rings is 1. The molecule has 30 heavy (non-hydrogen) atoms. The number of thiophene rings is 1. The van der Waals surface area contributed by atoms with Crippen LogP contribution in [0.2, 0.25) is 4.34 Å². The van der Waals surface area contributed by atoms with E-state index >= 15 is 0 Å². The summed E-state index contributed by atoms with van der Waals surface area (Å²) in [6.07, 6.45) is 4.42. The van der Waals surface area contributed by atoms with Gasteiger partial charge in [0.05, 0.1) is 17.0 Å². The van der Waals surface area contributed by atoms with Crippen molar-refractivity contribution >= 4 is 34.5 Å². The number of rotatable bonds is 3. The molecule has 8 heteroatoms. The molecule has 1 spiro atoms. The summed E-state index contributed by atoms with van der Waals surface area (Å²) < 4.78 is 7.15. The highest BCUT2D eigenvalue weighted by atomic mass is 35.5. The van der Waals surface area contributed by atoms with E-state index in [0.29, 0.717) is 13.2 Å². The molecule has 1 saturated heterocycles. The molecule has 1 aromatic heterocycles. The Balaban J connectivity index is 1.33. The van der Waals surface area contributed by atoms with Crippen LogP contribution >= 0.6 is 22.9 Å². The van der Waals surface area contributed by atoms with Crippen LogP contribution in [-0.4, -0.2) is 37.0 Å². The van der Waals surface area contributed by atoms with Gasteiger partial charge in [0.1, 0.15) is 5.60 Å². The van der Waals surface area contributed by atoms with Crippen LogP contribution in [0.1, 0.15) is 39.2 Å². The van der Waals surface area contributed by atoms with E-state index in [9.17, 15) is 4.79 Å². The summed E-state index contributed by atoms with van der Waals surface area (Å²) in [4.78, 5) is 15.2. The maximum atomic E-state index is 12.2. The molecule has 2 atom stereocenters. The van der Waals surface area contributed by atoms with Crippen molar-refractivity contribution in [2.24, 2.45) is 5.73 Å². The van der Waals surface area contributed by atoms with Gasteiger partial charge in [-0.25, -0.2) is 0 Å². The minimum Gasteiger partial charge on any atom is -0.400 e. The molecule has 1 amide bonds. The molecule has 4 heterocycles. The van der Waals surface area contributed by atoms with E-state index in [1.807, 2.05) is 31.4 Å². The van der Waals surface area contributed by atoms with Gasteiger partial charge in [-0.2, -0.15) is 0 Å². The normalized spacial score (nSPS) is 26.1. The lowest BCUT2D eigenvalue weighted by molar-refractivity contribution is -0.0836. The Labute approximate surface area is 185 Å². The molecular weight excluding hydrogens is 420 g/mol. The molecule has 6 nitrogen and oxygen atoms in total. The Morgan fingerprint density at radius 3 is 3.17 bits per heavy atom. The maximum absolute atomic E-state index is 12.2. The van der Waals surface area contributed by atoms with Crippen LogP contribution in [0.5, 0.6) is 0 Å². The number of piperidine rings is 1. The van der Waals surface area contributed by atoms with Crippen molar-refractivity contribution in [3.05, 3.63) is 62.1 Å². The van der Waals surface area contributed by atoms with Gasteiger partial charge in [0.2, 0.25) is 0 Å². The predicted molar refractivity (Wildman–Crippen MR) is 120 cm³/mol. The molecule has 0 saturated carbocycles.